The Labute approximate surface area is 183 Å². The summed E-state index contributed by atoms with van der Waals surface area (Å²) >= 11 is 11.8. The van der Waals surface area contributed by atoms with Gasteiger partial charge >= 0.3 is 5.69 Å². The number of hydrazone groups is 1. The molecule has 154 valence electrons. The molecular formula is C21H17Cl2N3O4. The van der Waals surface area contributed by atoms with Crippen molar-refractivity contribution in [1.82, 2.24) is 0 Å². The van der Waals surface area contributed by atoms with Crippen molar-refractivity contribution in [3.05, 3.63) is 92.0 Å². The number of hydrogen-bond acceptors (Lipinski definition) is 6. The summed E-state index contributed by atoms with van der Waals surface area (Å²) in [4.78, 5) is 11.1. The Morgan fingerprint density at radius 2 is 1.87 bits per heavy atom. The number of methoxy groups -OCH3 is 1. The minimum Gasteiger partial charge on any atom is -0.493 e. The van der Waals surface area contributed by atoms with E-state index < -0.39 is 4.92 Å². The third kappa shape index (κ3) is 5.62. The maximum absolute atomic E-state index is 11.6. The number of hydrogen-bond donors (Lipinski definition) is 1. The molecule has 0 radical (unpaired) electrons. The zero-order chi connectivity index (χ0) is 21.5. The van der Waals surface area contributed by atoms with Gasteiger partial charge in [0.2, 0.25) is 5.75 Å². The van der Waals surface area contributed by atoms with Crippen LogP contribution in [-0.2, 0) is 6.61 Å². The Morgan fingerprint density at radius 3 is 2.53 bits per heavy atom. The number of nitro groups is 1. The highest BCUT2D eigenvalue weighted by molar-refractivity contribution is 6.30. The lowest BCUT2D eigenvalue weighted by molar-refractivity contribution is -0.386. The molecule has 0 aromatic heterocycles. The molecule has 0 unspecified atom stereocenters. The molecule has 3 aromatic rings. The second kappa shape index (κ2) is 9.96. The van der Waals surface area contributed by atoms with E-state index >= 15 is 0 Å². The van der Waals surface area contributed by atoms with E-state index in [2.05, 4.69) is 10.5 Å². The van der Waals surface area contributed by atoms with Crippen LogP contribution >= 0.6 is 23.2 Å². The topological polar surface area (TPSA) is 86.0 Å². The predicted octanol–water partition coefficient (Wildman–Crippen LogP) is 5.94. The first kappa shape index (κ1) is 21.4. The van der Waals surface area contributed by atoms with Crippen LogP contribution in [0.2, 0.25) is 10.0 Å². The molecule has 0 heterocycles. The van der Waals surface area contributed by atoms with Gasteiger partial charge in [0.15, 0.2) is 5.75 Å². The maximum Gasteiger partial charge on any atom is 0.315 e. The van der Waals surface area contributed by atoms with E-state index in [-0.39, 0.29) is 23.8 Å². The van der Waals surface area contributed by atoms with E-state index in [0.717, 1.165) is 11.3 Å². The van der Waals surface area contributed by atoms with E-state index in [9.17, 15) is 10.1 Å². The average molecular weight is 446 g/mol. The van der Waals surface area contributed by atoms with Gasteiger partial charge in [0.25, 0.3) is 0 Å². The number of rotatable bonds is 8. The molecule has 0 aliphatic heterocycles. The van der Waals surface area contributed by atoms with E-state index in [4.69, 9.17) is 32.7 Å². The van der Waals surface area contributed by atoms with Crippen LogP contribution in [0.5, 0.6) is 11.5 Å². The van der Waals surface area contributed by atoms with Gasteiger partial charge in [0.05, 0.1) is 23.9 Å². The summed E-state index contributed by atoms with van der Waals surface area (Å²) in [7, 11) is 1.41. The van der Waals surface area contributed by atoms with Gasteiger partial charge < -0.3 is 9.47 Å². The van der Waals surface area contributed by atoms with Crippen molar-refractivity contribution in [2.24, 2.45) is 5.10 Å². The van der Waals surface area contributed by atoms with Crippen molar-refractivity contribution in [2.75, 3.05) is 12.5 Å². The highest BCUT2D eigenvalue weighted by Gasteiger charge is 2.22. The second-order valence-corrected chi connectivity index (χ2v) is 7.00. The highest BCUT2D eigenvalue weighted by Crippen LogP contribution is 2.38. The van der Waals surface area contributed by atoms with Crippen molar-refractivity contribution in [3.8, 4) is 11.5 Å². The lowest BCUT2D eigenvalue weighted by Gasteiger charge is -2.12. The Morgan fingerprint density at radius 1 is 1.10 bits per heavy atom. The summed E-state index contributed by atoms with van der Waals surface area (Å²) in [6.45, 7) is 0.101. The lowest BCUT2D eigenvalue weighted by atomic mass is 10.1. The fourth-order valence-corrected chi connectivity index (χ4v) is 2.94. The highest BCUT2D eigenvalue weighted by atomic mass is 35.5. The monoisotopic (exact) mass is 445 g/mol. The SMILES string of the molecule is COc1cc(C=NNc2ccc(Cl)cc2)cc([N+](=O)[O-])c1OCc1cccc(Cl)c1. The summed E-state index contributed by atoms with van der Waals surface area (Å²) in [6, 6.07) is 17.0. The Kier molecular flexibility index (Phi) is 7.11. The third-order valence-corrected chi connectivity index (χ3v) is 4.48. The molecule has 0 aliphatic rings. The third-order valence-electron chi connectivity index (χ3n) is 4.00. The number of anilines is 1. The first-order chi connectivity index (χ1) is 14.5. The van der Waals surface area contributed by atoms with Crippen LogP contribution in [0.15, 0.2) is 65.8 Å². The van der Waals surface area contributed by atoms with Crippen molar-refractivity contribution >= 4 is 40.8 Å². The molecule has 7 nitrogen and oxygen atoms in total. The second-order valence-electron chi connectivity index (χ2n) is 6.12. The number of benzene rings is 3. The van der Waals surface area contributed by atoms with Gasteiger partial charge in [-0.25, -0.2) is 0 Å². The summed E-state index contributed by atoms with van der Waals surface area (Å²) in [5.74, 6) is 0.254. The van der Waals surface area contributed by atoms with Gasteiger partial charge in [-0.1, -0.05) is 35.3 Å². The lowest BCUT2D eigenvalue weighted by Crippen LogP contribution is -2.03. The summed E-state index contributed by atoms with van der Waals surface area (Å²) < 4.78 is 11.0. The van der Waals surface area contributed by atoms with Gasteiger partial charge in [-0.15, -0.1) is 0 Å². The van der Waals surface area contributed by atoms with Gasteiger partial charge in [0, 0.05) is 21.7 Å². The molecule has 0 atom stereocenters. The van der Waals surface area contributed by atoms with Crippen LogP contribution in [0.1, 0.15) is 11.1 Å². The smallest absolute Gasteiger partial charge is 0.315 e. The maximum atomic E-state index is 11.6. The number of nitrogens with one attached hydrogen (secondary N) is 1. The molecule has 0 bridgehead atoms. The number of nitro benzene ring substituents is 1. The number of halogens is 2. The minimum absolute atomic E-state index is 0.0327. The van der Waals surface area contributed by atoms with Gasteiger partial charge in [-0.2, -0.15) is 5.10 Å². The van der Waals surface area contributed by atoms with Crippen LogP contribution in [-0.4, -0.2) is 18.2 Å². The average Bonchev–Trinajstić information content (AvgIpc) is 2.73. The van der Waals surface area contributed by atoms with Crippen molar-refractivity contribution in [1.29, 1.82) is 0 Å². The summed E-state index contributed by atoms with van der Waals surface area (Å²) in [5.41, 5.74) is 4.56. The van der Waals surface area contributed by atoms with Crippen molar-refractivity contribution in [3.63, 3.8) is 0 Å². The molecule has 1 N–H and O–H groups in total. The fraction of sp³-hybridized carbons (Fsp3) is 0.0952. The molecule has 0 amide bonds. The van der Waals surface area contributed by atoms with E-state index in [1.54, 1.807) is 48.5 Å². The normalized spacial score (nSPS) is 10.8. The summed E-state index contributed by atoms with van der Waals surface area (Å²) in [5, 5.41) is 16.9. The first-order valence-electron chi connectivity index (χ1n) is 8.74. The van der Waals surface area contributed by atoms with Crippen molar-refractivity contribution < 1.29 is 14.4 Å². The molecule has 30 heavy (non-hydrogen) atoms. The fourth-order valence-electron chi connectivity index (χ4n) is 2.60. The van der Waals surface area contributed by atoms with Crippen LogP contribution < -0.4 is 14.9 Å². The molecule has 0 fully saturated rings. The zero-order valence-electron chi connectivity index (χ0n) is 15.8. The molecule has 0 aliphatic carbocycles. The molecule has 0 saturated carbocycles. The molecule has 3 aromatic carbocycles. The van der Waals surface area contributed by atoms with Crippen LogP contribution in [0, 0.1) is 10.1 Å². The van der Waals surface area contributed by atoms with Crippen LogP contribution in [0.3, 0.4) is 0 Å². The number of ether oxygens (including phenoxy) is 2. The molecular weight excluding hydrogens is 429 g/mol. The first-order valence-corrected chi connectivity index (χ1v) is 9.50. The van der Waals surface area contributed by atoms with Gasteiger partial charge in [0.1, 0.15) is 6.61 Å². The van der Waals surface area contributed by atoms with Gasteiger partial charge in [-0.05, 0) is 48.0 Å². The van der Waals surface area contributed by atoms with E-state index in [1.807, 2.05) is 6.07 Å². The zero-order valence-corrected chi connectivity index (χ0v) is 17.4. The van der Waals surface area contributed by atoms with Crippen LogP contribution in [0.25, 0.3) is 0 Å². The minimum atomic E-state index is -0.528. The quantitative estimate of drug-likeness (QED) is 0.263. The molecule has 0 spiro atoms. The van der Waals surface area contributed by atoms with Crippen molar-refractivity contribution in [2.45, 2.75) is 6.61 Å². The van der Waals surface area contributed by atoms with E-state index in [0.29, 0.717) is 15.6 Å². The Hall–Kier alpha value is -3.29. The number of nitrogens with zero attached hydrogens (tertiary/aromatic N) is 2. The summed E-state index contributed by atoms with van der Waals surface area (Å²) in [6.07, 6.45) is 1.45. The van der Waals surface area contributed by atoms with Crippen LogP contribution in [0.4, 0.5) is 11.4 Å². The standard InChI is InChI=1S/C21H17Cl2N3O4/c1-29-20-11-15(12-24-25-18-7-5-16(22)6-8-18)10-19(26(27)28)21(20)30-13-14-3-2-4-17(23)9-14/h2-12,25H,13H2,1H3. The van der Waals surface area contributed by atoms with Gasteiger partial charge in [-0.3, -0.25) is 15.5 Å². The molecule has 9 heteroatoms. The molecule has 0 saturated heterocycles. The largest absolute Gasteiger partial charge is 0.493 e. The predicted molar refractivity (Wildman–Crippen MR) is 118 cm³/mol. The molecule has 3 rings (SSSR count). The van der Waals surface area contributed by atoms with E-state index in [1.165, 1.54) is 19.4 Å². The Bertz CT molecular complexity index is 1070. The Balaban J connectivity index is 1.82.